The molecular formula is C20H17ClF3N5O. The molecular weight excluding hydrogens is 419 g/mol. The highest BCUT2D eigenvalue weighted by molar-refractivity contribution is 6.33. The average Bonchev–Trinajstić information content (AvgIpc) is 3.12. The molecule has 0 bridgehead atoms. The molecule has 4 aromatic rings. The van der Waals surface area contributed by atoms with Crippen LogP contribution in [-0.4, -0.2) is 37.3 Å². The van der Waals surface area contributed by atoms with Crippen molar-refractivity contribution in [2.45, 2.75) is 32.9 Å². The van der Waals surface area contributed by atoms with Crippen molar-refractivity contribution in [3.05, 3.63) is 46.7 Å². The molecule has 0 aliphatic heterocycles. The van der Waals surface area contributed by atoms with E-state index in [0.717, 1.165) is 5.69 Å². The summed E-state index contributed by atoms with van der Waals surface area (Å²) < 4.78 is 44.2. The summed E-state index contributed by atoms with van der Waals surface area (Å²) in [6.07, 6.45) is -5.23. The van der Waals surface area contributed by atoms with E-state index in [1.807, 2.05) is 26.0 Å². The predicted octanol–water partition coefficient (Wildman–Crippen LogP) is 5.33. The summed E-state index contributed by atoms with van der Waals surface area (Å²) >= 11 is 6.41. The highest BCUT2D eigenvalue weighted by Gasteiger charge is 2.26. The molecule has 0 amide bonds. The smallest absolute Gasteiger partial charge is 0.389 e. The maximum absolute atomic E-state index is 12.3. The third kappa shape index (κ3) is 4.02. The van der Waals surface area contributed by atoms with Gasteiger partial charge < -0.3 is 4.74 Å². The Morgan fingerprint density at radius 2 is 1.83 bits per heavy atom. The number of nitrogens with zero attached hydrogens (tertiary/aromatic N) is 5. The maximum atomic E-state index is 12.3. The number of hydrogen-bond donors (Lipinski definition) is 0. The quantitative estimate of drug-likeness (QED) is 0.396. The van der Waals surface area contributed by atoms with Crippen molar-refractivity contribution in [3.63, 3.8) is 0 Å². The van der Waals surface area contributed by atoms with Crippen LogP contribution in [0.15, 0.2) is 30.3 Å². The van der Waals surface area contributed by atoms with Crippen molar-refractivity contribution in [1.82, 2.24) is 24.6 Å². The van der Waals surface area contributed by atoms with E-state index in [1.165, 1.54) is 0 Å². The number of aromatic nitrogens is 5. The molecule has 156 valence electrons. The average molecular weight is 436 g/mol. The van der Waals surface area contributed by atoms with E-state index >= 15 is 0 Å². The second kappa shape index (κ2) is 7.71. The monoisotopic (exact) mass is 435 g/mol. The molecule has 1 aromatic carbocycles. The zero-order chi connectivity index (χ0) is 21.5. The summed E-state index contributed by atoms with van der Waals surface area (Å²) in [6.45, 7) is 3.64. The molecule has 6 nitrogen and oxygen atoms in total. The Morgan fingerprint density at radius 3 is 2.60 bits per heavy atom. The number of hydrogen-bond acceptors (Lipinski definition) is 5. The van der Waals surface area contributed by atoms with Crippen molar-refractivity contribution in [1.29, 1.82) is 0 Å². The Bertz CT molecular complexity index is 1240. The number of fused-ring (bicyclic) bond motifs is 3. The number of alkyl halides is 3. The van der Waals surface area contributed by atoms with Gasteiger partial charge in [-0.25, -0.2) is 9.97 Å². The first-order chi connectivity index (χ1) is 14.2. The largest absolute Gasteiger partial charge is 0.494 e. The normalized spacial score (nSPS) is 12.1. The first-order valence-corrected chi connectivity index (χ1v) is 9.59. The summed E-state index contributed by atoms with van der Waals surface area (Å²) in [5, 5.41) is 8.92. The van der Waals surface area contributed by atoms with Gasteiger partial charge in [0.2, 0.25) is 0 Å². The first-order valence-electron chi connectivity index (χ1n) is 9.21. The van der Waals surface area contributed by atoms with Gasteiger partial charge in [-0.1, -0.05) is 11.6 Å². The lowest BCUT2D eigenvalue weighted by atomic mass is 10.2. The van der Waals surface area contributed by atoms with Crippen LogP contribution >= 0.6 is 11.6 Å². The Balaban J connectivity index is 1.75. The van der Waals surface area contributed by atoms with Crippen molar-refractivity contribution >= 4 is 28.4 Å². The Labute approximate surface area is 174 Å². The number of benzene rings is 1. The lowest BCUT2D eigenvalue weighted by Crippen LogP contribution is -2.09. The van der Waals surface area contributed by atoms with Crippen molar-refractivity contribution in [2.24, 2.45) is 0 Å². The van der Waals surface area contributed by atoms with Gasteiger partial charge in [-0.2, -0.15) is 13.2 Å². The van der Waals surface area contributed by atoms with Crippen LogP contribution in [0.2, 0.25) is 5.02 Å². The van der Waals surface area contributed by atoms with E-state index in [2.05, 4.69) is 20.2 Å². The second-order valence-electron chi connectivity index (χ2n) is 6.88. The minimum Gasteiger partial charge on any atom is -0.494 e. The van der Waals surface area contributed by atoms with Crippen LogP contribution in [-0.2, 0) is 0 Å². The van der Waals surface area contributed by atoms with Gasteiger partial charge in [0.15, 0.2) is 17.1 Å². The van der Waals surface area contributed by atoms with Crippen molar-refractivity contribution in [3.8, 4) is 17.1 Å². The molecule has 4 rings (SSSR count). The highest BCUT2D eigenvalue weighted by atomic mass is 35.5. The zero-order valence-electron chi connectivity index (χ0n) is 16.2. The molecule has 3 heterocycles. The number of ether oxygens (including phenoxy) is 1. The van der Waals surface area contributed by atoms with Crippen LogP contribution < -0.4 is 4.74 Å². The fourth-order valence-corrected chi connectivity index (χ4v) is 3.34. The van der Waals surface area contributed by atoms with Crippen LogP contribution in [0.25, 0.3) is 28.2 Å². The number of pyridine rings is 1. The fourth-order valence-electron chi connectivity index (χ4n) is 3.14. The molecule has 0 unspecified atom stereocenters. The van der Waals surface area contributed by atoms with Crippen LogP contribution in [0.4, 0.5) is 13.2 Å². The number of halogens is 4. The van der Waals surface area contributed by atoms with Gasteiger partial charge in [0.1, 0.15) is 11.3 Å². The third-order valence-electron chi connectivity index (χ3n) is 4.53. The topological polar surface area (TPSA) is 65.2 Å². The Hall–Kier alpha value is -2.94. The zero-order valence-corrected chi connectivity index (χ0v) is 16.9. The van der Waals surface area contributed by atoms with E-state index in [9.17, 15) is 13.2 Å². The lowest BCUT2D eigenvalue weighted by molar-refractivity contribution is -0.136. The standard InChI is InChI=1S/C20H17ClF3N5O/c1-11-4-7-16-19(25-11)29-17(12(2)26-16)27-28-18(29)14-10-13(5-6-15(14)21)30-9-3-8-20(22,23)24/h4-7,10H,3,8-9H2,1-2H3. The maximum Gasteiger partial charge on any atom is 0.389 e. The number of rotatable bonds is 5. The summed E-state index contributed by atoms with van der Waals surface area (Å²) in [6, 6.07) is 8.61. The van der Waals surface area contributed by atoms with Gasteiger partial charge in [-0.05, 0) is 50.6 Å². The molecule has 0 saturated heterocycles. The van der Waals surface area contributed by atoms with Crippen LogP contribution in [0.5, 0.6) is 5.75 Å². The number of aryl methyl sites for hydroxylation is 2. The lowest BCUT2D eigenvalue weighted by Gasteiger charge is -2.11. The van der Waals surface area contributed by atoms with Crippen LogP contribution in [0, 0.1) is 13.8 Å². The third-order valence-corrected chi connectivity index (χ3v) is 4.86. The van der Waals surface area contributed by atoms with E-state index in [0.29, 0.717) is 44.7 Å². The van der Waals surface area contributed by atoms with Gasteiger partial charge in [0, 0.05) is 17.7 Å². The molecule has 0 saturated carbocycles. The molecule has 0 N–H and O–H groups in total. The molecule has 0 fully saturated rings. The van der Waals surface area contributed by atoms with Gasteiger partial charge in [0.25, 0.3) is 0 Å². The van der Waals surface area contributed by atoms with E-state index in [1.54, 1.807) is 22.6 Å². The summed E-state index contributed by atoms with van der Waals surface area (Å²) in [4.78, 5) is 9.10. The minimum atomic E-state index is -4.20. The molecule has 0 aliphatic carbocycles. The summed E-state index contributed by atoms with van der Waals surface area (Å²) in [7, 11) is 0. The fraction of sp³-hybridized carbons (Fsp3) is 0.300. The molecule has 10 heteroatoms. The van der Waals surface area contributed by atoms with Crippen molar-refractivity contribution < 1.29 is 17.9 Å². The SMILES string of the molecule is Cc1ccc2nc(C)c3nnc(-c4cc(OCCCC(F)(F)F)ccc4Cl)n3c2n1. The minimum absolute atomic E-state index is 0.0616. The highest BCUT2D eigenvalue weighted by Crippen LogP contribution is 2.32. The molecule has 0 aliphatic rings. The van der Waals surface area contributed by atoms with Gasteiger partial charge in [0.05, 0.1) is 17.3 Å². The second-order valence-corrected chi connectivity index (χ2v) is 7.29. The van der Waals surface area contributed by atoms with Crippen LogP contribution in [0.1, 0.15) is 24.2 Å². The van der Waals surface area contributed by atoms with E-state index < -0.39 is 12.6 Å². The summed E-state index contributed by atoms with van der Waals surface area (Å²) in [5.74, 6) is 0.844. The predicted molar refractivity (Wildman–Crippen MR) is 107 cm³/mol. The van der Waals surface area contributed by atoms with Crippen LogP contribution in [0.3, 0.4) is 0 Å². The van der Waals surface area contributed by atoms with Crippen molar-refractivity contribution in [2.75, 3.05) is 6.61 Å². The Morgan fingerprint density at radius 1 is 1.03 bits per heavy atom. The first kappa shape index (κ1) is 20.3. The molecule has 3 aromatic heterocycles. The van der Waals surface area contributed by atoms with E-state index in [4.69, 9.17) is 16.3 Å². The molecule has 0 radical (unpaired) electrons. The molecule has 30 heavy (non-hydrogen) atoms. The molecule has 0 atom stereocenters. The van der Waals surface area contributed by atoms with Gasteiger partial charge >= 0.3 is 6.18 Å². The van der Waals surface area contributed by atoms with Gasteiger partial charge in [-0.15, -0.1) is 10.2 Å². The van der Waals surface area contributed by atoms with E-state index in [-0.39, 0.29) is 13.0 Å². The molecule has 0 spiro atoms. The van der Waals surface area contributed by atoms with Gasteiger partial charge in [-0.3, -0.25) is 4.40 Å². The Kier molecular flexibility index (Phi) is 5.23. The summed E-state index contributed by atoms with van der Waals surface area (Å²) in [5.41, 5.74) is 3.84.